The number of carbonyl (C=O) groups is 3. The first-order valence-corrected chi connectivity index (χ1v) is 9.34. The van der Waals surface area contributed by atoms with Crippen molar-refractivity contribution in [1.82, 2.24) is 5.32 Å². The van der Waals surface area contributed by atoms with Crippen LogP contribution in [0, 0.1) is 0 Å². The van der Waals surface area contributed by atoms with Gasteiger partial charge in [-0.3, -0.25) is 14.9 Å². The number of halogens is 1. The number of barbiturate groups is 1. The number of imide groups is 2. The summed E-state index contributed by atoms with van der Waals surface area (Å²) < 4.78 is 6.59. The van der Waals surface area contributed by atoms with Crippen LogP contribution in [0.3, 0.4) is 0 Å². The Kier molecular flexibility index (Phi) is 4.57. The highest BCUT2D eigenvalue weighted by molar-refractivity contribution is 9.10. The molecule has 138 valence electrons. The van der Waals surface area contributed by atoms with Crippen LogP contribution in [0.15, 0.2) is 50.9 Å². The minimum absolute atomic E-state index is 0.160. The summed E-state index contributed by atoms with van der Waals surface area (Å²) >= 11 is 3.47. The Balaban J connectivity index is 1.67. The van der Waals surface area contributed by atoms with Gasteiger partial charge in [0.2, 0.25) is 5.88 Å². The van der Waals surface area contributed by atoms with Gasteiger partial charge in [-0.25, -0.2) is 9.69 Å². The average Bonchev–Trinajstić information content (AvgIpc) is 3.29. The van der Waals surface area contributed by atoms with Gasteiger partial charge in [-0.2, -0.15) is 0 Å². The van der Waals surface area contributed by atoms with Gasteiger partial charge >= 0.3 is 6.03 Å². The number of urea groups is 1. The van der Waals surface area contributed by atoms with Crippen LogP contribution >= 0.6 is 15.9 Å². The quantitative estimate of drug-likeness (QED) is 0.597. The zero-order chi connectivity index (χ0) is 19.0. The topological polar surface area (TPSA) is 82.9 Å². The van der Waals surface area contributed by atoms with Gasteiger partial charge in [0.25, 0.3) is 11.8 Å². The van der Waals surface area contributed by atoms with Crippen LogP contribution in [-0.2, 0) is 9.59 Å². The molecule has 0 bridgehead atoms. The van der Waals surface area contributed by atoms with E-state index in [4.69, 9.17) is 4.42 Å². The summed E-state index contributed by atoms with van der Waals surface area (Å²) in [6, 6.07) is 9.39. The minimum atomic E-state index is -0.772. The largest absolute Gasteiger partial charge is 0.440 e. The molecule has 7 nitrogen and oxygen atoms in total. The van der Waals surface area contributed by atoms with Crippen LogP contribution in [0.2, 0.25) is 0 Å². The number of furan rings is 1. The number of rotatable bonds is 3. The number of amides is 4. The molecule has 2 fully saturated rings. The highest BCUT2D eigenvalue weighted by Gasteiger charge is 2.37. The van der Waals surface area contributed by atoms with E-state index >= 15 is 0 Å². The maximum absolute atomic E-state index is 12.8. The van der Waals surface area contributed by atoms with Crippen molar-refractivity contribution in [3.05, 3.63) is 52.2 Å². The Morgan fingerprint density at radius 1 is 1.07 bits per heavy atom. The highest BCUT2D eigenvalue weighted by atomic mass is 79.9. The maximum Gasteiger partial charge on any atom is 0.335 e. The highest BCUT2D eigenvalue weighted by Crippen LogP contribution is 2.33. The number of para-hydroxylation sites is 1. The predicted octanol–water partition coefficient (Wildman–Crippen LogP) is 3.31. The van der Waals surface area contributed by atoms with Crippen molar-refractivity contribution in [2.24, 2.45) is 0 Å². The molecular formula is C19H16BrN3O4. The molecule has 2 aromatic rings. The van der Waals surface area contributed by atoms with Crippen molar-refractivity contribution in [1.29, 1.82) is 0 Å². The molecule has 4 amide bonds. The molecule has 1 aromatic heterocycles. The van der Waals surface area contributed by atoms with Gasteiger partial charge in [-0.1, -0.05) is 18.2 Å². The Morgan fingerprint density at radius 2 is 1.78 bits per heavy atom. The second-order valence-electron chi connectivity index (χ2n) is 6.29. The third-order valence-corrected chi connectivity index (χ3v) is 5.05. The maximum atomic E-state index is 12.8. The van der Waals surface area contributed by atoms with Crippen molar-refractivity contribution < 1.29 is 18.8 Å². The lowest BCUT2D eigenvalue weighted by Crippen LogP contribution is -2.54. The van der Waals surface area contributed by atoms with Crippen molar-refractivity contribution in [3.8, 4) is 0 Å². The van der Waals surface area contributed by atoms with E-state index in [1.165, 1.54) is 6.08 Å². The van der Waals surface area contributed by atoms with Crippen molar-refractivity contribution in [2.75, 3.05) is 22.9 Å². The van der Waals surface area contributed by atoms with E-state index < -0.39 is 17.8 Å². The zero-order valence-corrected chi connectivity index (χ0v) is 15.9. The van der Waals surface area contributed by atoms with E-state index in [1.807, 2.05) is 0 Å². The molecule has 0 unspecified atom stereocenters. The zero-order valence-electron chi connectivity index (χ0n) is 14.3. The monoisotopic (exact) mass is 429 g/mol. The SMILES string of the molecule is O=C1NC(=O)N(c2ccccc2)C(=O)/C1=C/c1cc(Br)c(N2CCCC2)o1. The van der Waals surface area contributed by atoms with Crippen molar-refractivity contribution in [2.45, 2.75) is 12.8 Å². The van der Waals surface area contributed by atoms with Gasteiger partial charge in [-0.15, -0.1) is 0 Å². The number of nitrogens with one attached hydrogen (secondary N) is 1. The molecule has 27 heavy (non-hydrogen) atoms. The number of hydrogen-bond acceptors (Lipinski definition) is 5. The first kappa shape index (κ1) is 17.5. The number of nitrogens with zero attached hydrogens (tertiary/aromatic N) is 2. The fourth-order valence-corrected chi connectivity index (χ4v) is 3.75. The molecular weight excluding hydrogens is 414 g/mol. The Bertz CT molecular complexity index is 945. The summed E-state index contributed by atoms with van der Waals surface area (Å²) in [5, 5.41) is 2.20. The summed E-state index contributed by atoms with van der Waals surface area (Å²) in [5.41, 5.74) is 0.226. The van der Waals surface area contributed by atoms with E-state index in [9.17, 15) is 14.4 Å². The van der Waals surface area contributed by atoms with Crippen LogP contribution in [0.25, 0.3) is 6.08 Å². The summed E-state index contributed by atoms with van der Waals surface area (Å²) in [5.74, 6) is -0.388. The Morgan fingerprint density at radius 3 is 2.48 bits per heavy atom. The van der Waals surface area contributed by atoms with Gasteiger partial charge in [0, 0.05) is 19.2 Å². The van der Waals surface area contributed by atoms with Crippen LogP contribution in [0.4, 0.5) is 16.4 Å². The summed E-state index contributed by atoms with van der Waals surface area (Å²) in [4.78, 5) is 40.2. The minimum Gasteiger partial charge on any atom is -0.440 e. The second-order valence-corrected chi connectivity index (χ2v) is 7.14. The predicted molar refractivity (Wildman–Crippen MR) is 103 cm³/mol. The fourth-order valence-electron chi connectivity index (χ4n) is 3.19. The molecule has 0 saturated carbocycles. The second kappa shape index (κ2) is 7.03. The summed E-state index contributed by atoms with van der Waals surface area (Å²) in [6.45, 7) is 1.80. The number of hydrogen-bond donors (Lipinski definition) is 1. The van der Waals surface area contributed by atoms with Crippen LogP contribution in [-0.4, -0.2) is 30.9 Å². The van der Waals surface area contributed by atoms with Crippen LogP contribution < -0.4 is 15.1 Å². The molecule has 0 atom stereocenters. The number of benzene rings is 1. The summed E-state index contributed by atoms with van der Waals surface area (Å²) in [7, 11) is 0. The van der Waals surface area contributed by atoms with Crippen molar-refractivity contribution in [3.63, 3.8) is 0 Å². The van der Waals surface area contributed by atoms with Gasteiger partial charge in [0.1, 0.15) is 11.3 Å². The number of anilines is 2. The average molecular weight is 430 g/mol. The first-order chi connectivity index (χ1) is 13.0. The molecule has 0 spiro atoms. The van der Waals surface area contributed by atoms with E-state index in [1.54, 1.807) is 36.4 Å². The molecule has 4 rings (SSSR count). The van der Waals surface area contributed by atoms with Gasteiger partial charge < -0.3 is 9.32 Å². The Labute approximate surface area is 163 Å². The lowest BCUT2D eigenvalue weighted by atomic mass is 10.1. The van der Waals surface area contributed by atoms with E-state index in [0.717, 1.165) is 35.3 Å². The van der Waals surface area contributed by atoms with E-state index in [2.05, 4.69) is 26.1 Å². The van der Waals surface area contributed by atoms with Crippen LogP contribution in [0.5, 0.6) is 0 Å². The normalized spacial score (nSPS) is 19.1. The van der Waals surface area contributed by atoms with Crippen molar-refractivity contribution >= 4 is 51.4 Å². The first-order valence-electron chi connectivity index (χ1n) is 8.55. The molecule has 2 saturated heterocycles. The molecule has 2 aliphatic heterocycles. The van der Waals surface area contributed by atoms with Crippen LogP contribution in [0.1, 0.15) is 18.6 Å². The number of carbonyl (C=O) groups excluding carboxylic acids is 3. The summed E-state index contributed by atoms with van der Waals surface area (Å²) in [6.07, 6.45) is 3.56. The molecule has 2 aliphatic rings. The lowest BCUT2D eigenvalue weighted by molar-refractivity contribution is -0.122. The molecule has 1 N–H and O–H groups in total. The van der Waals surface area contributed by atoms with E-state index in [0.29, 0.717) is 17.3 Å². The smallest absolute Gasteiger partial charge is 0.335 e. The molecule has 0 radical (unpaired) electrons. The Hall–Kier alpha value is -2.87. The fraction of sp³-hybridized carbons (Fsp3) is 0.211. The lowest BCUT2D eigenvalue weighted by Gasteiger charge is -2.26. The molecule has 0 aliphatic carbocycles. The standard InChI is InChI=1S/C19H16BrN3O4/c20-15-11-13(27-18(15)22-8-4-5-9-22)10-14-16(24)21-19(26)23(17(14)25)12-6-2-1-3-7-12/h1-3,6-7,10-11H,4-5,8-9H2,(H,21,24,26)/b14-10+. The third-order valence-electron chi connectivity index (χ3n) is 4.48. The third kappa shape index (κ3) is 3.28. The van der Waals surface area contributed by atoms with E-state index in [-0.39, 0.29) is 5.57 Å². The molecule has 8 heteroatoms. The molecule has 3 heterocycles. The molecule has 1 aromatic carbocycles. The van der Waals surface area contributed by atoms with Gasteiger partial charge in [0.15, 0.2) is 0 Å². The van der Waals surface area contributed by atoms with Gasteiger partial charge in [-0.05, 0) is 47.0 Å². The van der Waals surface area contributed by atoms with Gasteiger partial charge in [0.05, 0.1) is 10.2 Å².